The third-order valence-corrected chi connectivity index (χ3v) is 4.22. The van der Waals surface area contributed by atoms with Crippen molar-refractivity contribution in [1.82, 2.24) is 15.3 Å². The van der Waals surface area contributed by atoms with E-state index < -0.39 is 33.5 Å². The van der Waals surface area contributed by atoms with Gasteiger partial charge in [0.1, 0.15) is 11.3 Å². The highest BCUT2D eigenvalue weighted by Crippen LogP contribution is 2.28. The lowest BCUT2D eigenvalue weighted by Gasteiger charge is -2.17. The fraction of sp³-hybridized carbons (Fsp3) is 0.316. The number of benzene rings is 1. The molecule has 1 aromatic heterocycles. The van der Waals surface area contributed by atoms with Crippen LogP contribution in [0.25, 0.3) is 0 Å². The van der Waals surface area contributed by atoms with Gasteiger partial charge in [-0.25, -0.2) is 13.4 Å². The number of para-hydroxylation sites is 1. The minimum Gasteiger partial charge on any atom is -0.438 e. The van der Waals surface area contributed by atoms with Gasteiger partial charge in [0.25, 0.3) is 5.91 Å². The number of alkyl halides is 2. The summed E-state index contributed by atoms with van der Waals surface area (Å²) in [5.41, 5.74) is -0.208. The first-order valence-electron chi connectivity index (χ1n) is 8.66. The van der Waals surface area contributed by atoms with E-state index in [0.717, 1.165) is 17.9 Å². The Morgan fingerprint density at radius 2 is 1.97 bits per heavy atom. The summed E-state index contributed by atoms with van der Waals surface area (Å²) in [4.78, 5) is 20.0. The van der Waals surface area contributed by atoms with E-state index in [0.29, 0.717) is 6.92 Å². The number of methoxy groups -OCH3 is 1. The number of hydrogen-bond donors (Lipinski definition) is 1. The van der Waals surface area contributed by atoms with Crippen LogP contribution in [0.2, 0.25) is 0 Å². The second-order valence-electron chi connectivity index (χ2n) is 6.41. The number of carbonyl (C=O) groups excluding carboxylic acids is 1. The second-order valence-corrected chi connectivity index (χ2v) is 8.34. The van der Waals surface area contributed by atoms with E-state index in [2.05, 4.69) is 15.3 Å². The highest BCUT2D eigenvalue weighted by Gasteiger charge is 2.31. The molecule has 2 rings (SSSR count). The summed E-state index contributed by atoms with van der Waals surface area (Å²) in [5.74, 6) is -5.00. The van der Waals surface area contributed by atoms with Crippen LogP contribution >= 0.6 is 0 Å². The predicted molar refractivity (Wildman–Crippen MR) is 105 cm³/mol. The standard InChI is InChI=1S/C19H21F2N3O5S/c1-19(20,21)18-22-11-15(17(24-18)29-14-7-5-4-6-8-14)16(25)23-13(12-28-2)9-10-30(3,26)27/h4-11,13H,12H2,1-3H3,(H,23,25). The monoisotopic (exact) mass is 441 g/mol. The Morgan fingerprint density at radius 1 is 1.30 bits per heavy atom. The van der Waals surface area contributed by atoms with Gasteiger partial charge in [-0.1, -0.05) is 18.2 Å². The zero-order valence-electron chi connectivity index (χ0n) is 16.5. The highest BCUT2D eigenvalue weighted by molar-refractivity contribution is 7.93. The summed E-state index contributed by atoms with van der Waals surface area (Å²) < 4.78 is 60.5. The summed E-state index contributed by atoms with van der Waals surface area (Å²) >= 11 is 0. The van der Waals surface area contributed by atoms with Crippen molar-refractivity contribution >= 4 is 15.7 Å². The zero-order chi connectivity index (χ0) is 22.4. The molecule has 1 N–H and O–H groups in total. The lowest BCUT2D eigenvalue weighted by atomic mass is 10.2. The highest BCUT2D eigenvalue weighted by atomic mass is 32.2. The van der Waals surface area contributed by atoms with Gasteiger partial charge >= 0.3 is 5.92 Å². The predicted octanol–water partition coefficient (Wildman–Crippen LogP) is 2.68. The van der Waals surface area contributed by atoms with E-state index in [9.17, 15) is 22.0 Å². The Labute approximate surface area is 172 Å². The molecule has 8 nitrogen and oxygen atoms in total. The van der Waals surface area contributed by atoms with Crippen molar-refractivity contribution in [3.05, 3.63) is 59.4 Å². The maximum Gasteiger partial charge on any atom is 0.303 e. The number of halogens is 2. The van der Waals surface area contributed by atoms with Crippen molar-refractivity contribution in [2.75, 3.05) is 20.0 Å². The summed E-state index contributed by atoms with van der Waals surface area (Å²) in [5, 5.41) is 3.45. The molecule has 30 heavy (non-hydrogen) atoms. The molecule has 0 aliphatic rings. The molecule has 0 bridgehead atoms. The lowest BCUT2D eigenvalue weighted by Crippen LogP contribution is -2.37. The van der Waals surface area contributed by atoms with Crippen molar-refractivity contribution in [2.24, 2.45) is 0 Å². The van der Waals surface area contributed by atoms with Crippen molar-refractivity contribution in [3.63, 3.8) is 0 Å². The third-order valence-electron chi connectivity index (χ3n) is 3.57. The normalized spacial score (nSPS) is 13.2. The Hall–Kier alpha value is -2.92. The van der Waals surface area contributed by atoms with Gasteiger partial charge in [0.2, 0.25) is 11.7 Å². The average Bonchev–Trinajstić information content (AvgIpc) is 2.65. The fourth-order valence-corrected chi connectivity index (χ4v) is 2.70. The Balaban J connectivity index is 2.37. The van der Waals surface area contributed by atoms with Crippen LogP contribution in [-0.2, 0) is 20.5 Å². The largest absolute Gasteiger partial charge is 0.438 e. The van der Waals surface area contributed by atoms with Crippen LogP contribution in [-0.4, -0.2) is 50.3 Å². The van der Waals surface area contributed by atoms with Gasteiger partial charge in [0.05, 0.1) is 12.6 Å². The molecule has 11 heteroatoms. The Kier molecular flexibility index (Phi) is 7.57. The molecule has 0 radical (unpaired) electrons. The third kappa shape index (κ3) is 7.16. The van der Waals surface area contributed by atoms with Crippen LogP contribution in [0, 0.1) is 0 Å². The molecular weight excluding hydrogens is 420 g/mol. The van der Waals surface area contributed by atoms with Gasteiger partial charge in [0, 0.05) is 31.9 Å². The molecule has 1 aromatic carbocycles. The Morgan fingerprint density at radius 3 is 2.53 bits per heavy atom. The Bertz CT molecular complexity index is 1010. The minimum absolute atomic E-state index is 0.0292. The molecule has 0 aliphatic heterocycles. The number of amides is 1. The molecule has 1 unspecified atom stereocenters. The minimum atomic E-state index is -3.43. The first-order valence-corrected chi connectivity index (χ1v) is 10.6. The van der Waals surface area contributed by atoms with Crippen molar-refractivity contribution in [1.29, 1.82) is 0 Å². The van der Waals surface area contributed by atoms with E-state index in [1.807, 2.05) is 0 Å². The second kappa shape index (κ2) is 9.72. The molecule has 2 aromatic rings. The number of rotatable bonds is 9. The molecule has 1 atom stereocenters. The maximum absolute atomic E-state index is 13.7. The van der Waals surface area contributed by atoms with Crippen molar-refractivity contribution < 1.29 is 31.5 Å². The summed E-state index contributed by atoms with van der Waals surface area (Å²) in [7, 11) is -2.06. The first-order chi connectivity index (χ1) is 14.0. The molecule has 162 valence electrons. The van der Waals surface area contributed by atoms with E-state index in [4.69, 9.17) is 9.47 Å². The smallest absolute Gasteiger partial charge is 0.303 e. The molecule has 0 spiro atoms. The fourth-order valence-electron chi connectivity index (χ4n) is 2.22. The summed E-state index contributed by atoms with van der Waals surface area (Å²) in [6, 6.07) is 7.38. The number of nitrogens with one attached hydrogen (secondary N) is 1. The van der Waals surface area contributed by atoms with Crippen molar-refractivity contribution in [2.45, 2.75) is 18.9 Å². The van der Waals surface area contributed by atoms with E-state index in [1.165, 1.54) is 13.2 Å². The van der Waals surface area contributed by atoms with Crippen LogP contribution in [0.3, 0.4) is 0 Å². The SMILES string of the molecule is COCC(C=CS(C)(=O)=O)NC(=O)c1cnc(C(C)(F)F)nc1Oc1ccccc1. The van der Waals surface area contributed by atoms with Crippen LogP contribution in [0.1, 0.15) is 23.1 Å². The van der Waals surface area contributed by atoms with Gasteiger partial charge in [-0.15, -0.1) is 0 Å². The van der Waals surface area contributed by atoms with Gasteiger partial charge < -0.3 is 14.8 Å². The average molecular weight is 441 g/mol. The molecule has 0 saturated carbocycles. The lowest BCUT2D eigenvalue weighted by molar-refractivity contribution is 0.00707. The number of sulfone groups is 1. The van der Waals surface area contributed by atoms with Gasteiger partial charge in [-0.3, -0.25) is 4.79 Å². The van der Waals surface area contributed by atoms with Crippen LogP contribution in [0.5, 0.6) is 11.6 Å². The topological polar surface area (TPSA) is 107 Å². The molecule has 0 aliphatic carbocycles. The van der Waals surface area contributed by atoms with E-state index in [1.54, 1.807) is 30.3 Å². The number of hydrogen-bond acceptors (Lipinski definition) is 7. The van der Waals surface area contributed by atoms with E-state index in [-0.39, 0.29) is 23.8 Å². The molecule has 1 heterocycles. The van der Waals surface area contributed by atoms with Gasteiger partial charge in [0.15, 0.2) is 9.84 Å². The maximum atomic E-state index is 13.7. The van der Waals surface area contributed by atoms with Crippen LogP contribution in [0.4, 0.5) is 8.78 Å². The van der Waals surface area contributed by atoms with Crippen molar-refractivity contribution in [3.8, 4) is 11.6 Å². The van der Waals surface area contributed by atoms with Crippen LogP contribution in [0.15, 0.2) is 48.0 Å². The number of carbonyl (C=O) groups is 1. The van der Waals surface area contributed by atoms with Gasteiger partial charge in [-0.05, 0) is 18.2 Å². The quantitative estimate of drug-likeness (QED) is 0.637. The molecule has 0 saturated heterocycles. The van der Waals surface area contributed by atoms with Crippen LogP contribution < -0.4 is 10.1 Å². The number of nitrogens with zero attached hydrogens (tertiary/aromatic N) is 2. The summed E-state index contributed by atoms with van der Waals surface area (Å²) in [6.45, 7) is 0.595. The zero-order valence-corrected chi connectivity index (χ0v) is 17.3. The number of aromatic nitrogens is 2. The van der Waals surface area contributed by atoms with Gasteiger partial charge in [-0.2, -0.15) is 13.8 Å². The molecule has 1 amide bonds. The number of ether oxygens (including phenoxy) is 2. The molecule has 0 fully saturated rings. The first kappa shape index (κ1) is 23.4. The summed E-state index contributed by atoms with van der Waals surface area (Å²) in [6.07, 6.45) is 3.17. The molecular formula is C19H21F2N3O5S. The van der Waals surface area contributed by atoms with E-state index >= 15 is 0 Å².